The number of hydrogen-bond acceptors (Lipinski definition) is 7. The summed E-state index contributed by atoms with van der Waals surface area (Å²) in [6.07, 6.45) is 0. The van der Waals surface area contributed by atoms with Crippen LogP contribution in [0.4, 0.5) is 0 Å². The minimum Gasteiger partial charge on any atom is -0.508 e. The molecule has 0 aliphatic heterocycles. The number of benzene rings is 4. The van der Waals surface area contributed by atoms with Crippen molar-refractivity contribution in [2.45, 2.75) is 31.6 Å². The molecule has 0 unspecified atom stereocenters. The molecule has 7 N–H and O–H groups in total. The molecule has 0 fully saturated rings. The Bertz CT molecular complexity index is 1320. The Labute approximate surface area is 208 Å². The van der Waals surface area contributed by atoms with E-state index in [2.05, 4.69) is 13.8 Å². The van der Waals surface area contributed by atoms with Gasteiger partial charge in [0.25, 0.3) is 0 Å². The highest BCUT2D eigenvalue weighted by Gasteiger charge is 2.35. The predicted octanol–water partition coefficient (Wildman–Crippen LogP) is 5.31. The fourth-order valence-corrected chi connectivity index (χ4v) is 4.55. The smallest absolute Gasteiger partial charge is 0.200 e. The Kier molecular flexibility index (Phi) is 5.88. The molecular formula is C29H28O7. The lowest BCUT2D eigenvalue weighted by atomic mass is 9.69. The van der Waals surface area contributed by atoms with Crippen LogP contribution in [-0.4, -0.2) is 35.7 Å². The molecule has 4 rings (SSSR count). The van der Waals surface area contributed by atoms with Gasteiger partial charge in [-0.2, -0.15) is 0 Å². The molecule has 0 atom stereocenters. The second-order valence-corrected chi connectivity index (χ2v) is 9.60. The third-order valence-corrected chi connectivity index (χ3v) is 7.07. The van der Waals surface area contributed by atoms with Crippen molar-refractivity contribution in [2.24, 2.45) is 0 Å². The maximum atomic E-state index is 10.2. The first-order chi connectivity index (χ1) is 16.9. The van der Waals surface area contributed by atoms with E-state index in [0.717, 1.165) is 11.1 Å². The number of rotatable bonds is 5. The summed E-state index contributed by atoms with van der Waals surface area (Å²) < 4.78 is 0. The van der Waals surface area contributed by atoms with Crippen LogP contribution in [0.5, 0.6) is 40.2 Å². The Morgan fingerprint density at radius 2 is 0.722 bits per heavy atom. The quantitative estimate of drug-likeness (QED) is 0.149. The molecule has 0 saturated carbocycles. The molecule has 0 aromatic heterocycles. The predicted molar refractivity (Wildman–Crippen MR) is 135 cm³/mol. The van der Waals surface area contributed by atoms with Crippen molar-refractivity contribution in [2.75, 3.05) is 0 Å². The van der Waals surface area contributed by atoms with E-state index in [9.17, 15) is 35.7 Å². The van der Waals surface area contributed by atoms with Crippen LogP contribution < -0.4 is 0 Å². The topological polar surface area (TPSA) is 142 Å². The van der Waals surface area contributed by atoms with Gasteiger partial charge in [0.2, 0.25) is 0 Å². The molecule has 0 saturated heterocycles. The molecule has 0 heterocycles. The highest BCUT2D eigenvalue weighted by atomic mass is 16.3. The van der Waals surface area contributed by atoms with Crippen LogP contribution in [0, 0.1) is 0 Å². The molecule has 0 aliphatic carbocycles. The largest absolute Gasteiger partial charge is 0.508 e. The van der Waals surface area contributed by atoms with Crippen molar-refractivity contribution < 1.29 is 35.7 Å². The summed E-state index contributed by atoms with van der Waals surface area (Å²) in [5.41, 5.74) is 1.85. The van der Waals surface area contributed by atoms with Gasteiger partial charge in [0.15, 0.2) is 34.5 Å². The third-order valence-electron chi connectivity index (χ3n) is 7.07. The SMILES string of the molecule is CC(C)(c1ccc(O)cc1)c1ccc(C(C)(c2cc(O)c(O)c(O)c2)c2cc(O)c(O)c(O)c2)cc1. The van der Waals surface area contributed by atoms with E-state index in [-0.39, 0.29) is 5.75 Å². The van der Waals surface area contributed by atoms with Crippen LogP contribution in [0.25, 0.3) is 0 Å². The van der Waals surface area contributed by atoms with Crippen LogP contribution in [0.1, 0.15) is 48.6 Å². The van der Waals surface area contributed by atoms with Crippen LogP contribution in [0.3, 0.4) is 0 Å². The van der Waals surface area contributed by atoms with Crippen molar-refractivity contribution in [1.82, 2.24) is 0 Å². The molecule has 4 aromatic rings. The monoisotopic (exact) mass is 488 g/mol. The average Bonchev–Trinajstić information content (AvgIpc) is 2.85. The van der Waals surface area contributed by atoms with Gasteiger partial charge < -0.3 is 35.7 Å². The van der Waals surface area contributed by atoms with Gasteiger partial charge in [-0.3, -0.25) is 0 Å². The lowest BCUT2D eigenvalue weighted by Crippen LogP contribution is -2.26. The van der Waals surface area contributed by atoms with Crippen molar-refractivity contribution in [3.8, 4) is 40.2 Å². The van der Waals surface area contributed by atoms with E-state index < -0.39 is 45.3 Å². The minimum atomic E-state index is -1.15. The van der Waals surface area contributed by atoms with E-state index in [1.54, 1.807) is 19.1 Å². The lowest BCUT2D eigenvalue weighted by molar-refractivity contribution is 0.364. The first-order valence-corrected chi connectivity index (χ1v) is 11.3. The van der Waals surface area contributed by atoms with E-state index in [1.165, 1.54) is 24.3 Å². The van der Waals surface area contributed by atoms with Crippen LogP contribution in [-0.2, 0) is 10.8 Å². The van der Waals surface area contributed by atoms with E-state index in [1.807, 2.05) is 36.4 Å². The zero-order valence-corrected chi connectivity index (χ0v) is 20.1. The molecule has 7 nitrogen and oxygen atoms in total. The van der Waals surface area contributed by atoms with Crippen LogP contribution in [0.2, 0.25) is 0 Å². The Morgan fingerprint density at radius 1 is 0.417 bits per heavy atom. The van der Waals surface area contributed by atoms with E-state index in [4.69, 9.17) is 0 Å². The fraction of sp³-hybridized carbons (Fsp3) is 0.172. The molecule has 0 spiro atoms. The second kappa shape index (κ2) is 8.61. The fourth-order valence-electron chi connectivity index (χ4n) is 4.55. The number of phenols is 7. The van der Waals surface area contributed by atoms with Gasteiger partial charge in [-0.1, -0.05) is 50.2 Å². The molecule has 0 radical (unpaired) electrons. The summed E-state index contributed by atoms with van der Waals surface area (Å²) >= 11 is 0. The minimum absolute atomic E-state index is 0.182. The molecule has 0 aliphatic rings. The molecule has 36 heavy (non-hydrogen) atoms. The van der Waals surface area contributed by atoms with Gasteiger partial charge in [-0.25, -0.2) is 0 Å². The summed E-state index contributed by atoms with van der Waals surface area (Å²) in [6, 6.07) is 19.8. The summed E-state index contributed by atoms with van der Waals surface area (Å²) in [4.78, 5) is 0. The van der Waals surface area contributed by atoms with Gasteiger partial charge in [-0.15, -0.1) is 0 Å². The Balaban J connectivity index is 1.90. The molecule has 0 bridgehead atoms. The first-order valence-electron chi connectivity index (χ1n) is 11.3. The van der Waals surface area contributed by atoms with Gasteiger partial charge in [0.05, 0.1) is 0 Å². The number of aromatic hydroxyl groups is 7. The maximum absolute atomic E-state index is 10.2. The first kappa shape index (κ1) is 24.6. The van der Waals surface area contributed by atoms with Crippen LogP contribution in [0.15, 0.2) is 72.8 Å². The zero-order valence-electron chi connectivity index (χ0n) is 20.1. The standard InChI is InChI=1S/C29H28O7/c1-28(2,17-8-10-21(30)11-9-17)16-4-6-18(7-5-16)29(3,19-12-22(31)26(35)23(32)13-19)20-14-24(33)27(36)25(34)15-20/h4-15,30-36H,1-3H3. The zero-order chi connectivity index (χ0) is 26.4. The van der Waals surface area contributed by atoms with Gasteiger partial charge in [-0.05, 0) is 71.1 Å². The highest BCUT2D eigenvalue weighted by molar-refractivity contribution is 5.62. The number of phenolic OH excluding ortho intramolecular Hbond substituents is 7. The molecule has 0 amide bonds. The summed E-state index contributed by atoms with van der Waals surface area (Å²) in [6.45, 7) is 5.88. The number of hydrogen-bond donors (Lipinski definition) is 7. The highest BCUT2D eigenvalue weighted by Crippen LogP contribution is 2.48. The molecule has 4 aromatic carbocycles. The van der Waals surface area contributed by atoms with Gasteiger partial charge in [0.1, 0.15) is 5.75 Å². The Hall–Kier alpha value is -4.52. The third kappa shape index (κ3) is 3.98. The normalized spacial score (nSPS) is 12.0. The summed E-state index contributed by atoms with van der Waals surface area (Å²) in [5, 5.41) is 70.3. The summed E-state index contributed by atoms with van der Waals surface area (Å²) in [7, 11) is 0. The van der Waals surface area contributed by atoms with Crippen molar-refractivity contribution >= 4 is 0 Å². The molecule has 7 heteroatoms. The lowest BCUT2D eigenvalue weighted by Gasteiger charge is -2.33. The van der Waals surface area contributed by atoms with Crippen molar-refractivity contribution in [1.29, 1.82) is 0 Å². The van der Waals surface area contributed by atoms with E-state index in [0.29, 0.717) is 16.7 Å². The van der Waals surface area contributed by atoms with Crippen LogP contribution >= 0.6 is 0 Å². The van der Waals surface area contributed by atoms with Gasteiger partial charge in [0, 0.05) is 10.8 Å². The Morgan fingerprint density at radius 3 is 1.08 bits per heavy atom. The second-order valence-electron chi connectivity index (χ2n) is 9.60. The van der Waals surface area contributed by atoms with Crippen molar-refractivity contribution in [3.63, 3.8) is 0 Å². The molecular weight excluding hydrogens is 460 g/mol. The van der Waals surface area contributed by atoms with Crippen molar-refractivity contribution in [3.05, 3.63) is 101 Å². The molecule has 186 valence electrons. The van der Waals surface area contributed by atoms with E-state index >= 15 is 0 Å². The summed E-state index contributed by atoms with van der Waals surface area (Å²) in [5.74, 6) is -3.28. The average molecular weight is 489 g/mol. The maximum Gasteiger partial charge on any atom is 0.200 e. The van der Waals surface area contributed by atoms with Gasteiger partial charge >= 0.3 is 0 Å².